The molecule has 0 aromatic heterocycles. The minimum absolute atomic E-state index is 0.179. The Bertz CT molecular complexity index is 1060. The highest BCUT2D eigenvalue weighted by molar-refractivity contribution is 6.05. The van der Waals surface area contributed by atoms with Gasteiger partial charge in [-0.05, 0) is 47.5 Å². The molecular formula is C24H24N2O3. The Labute approximate surface area is 170 Å². The van der Waals surface area contributed by atoms with E-state index in [-0.39, 0.29) is 17.7 Å². The van der Waals surface area contributed by atoms with Crippen LogP contribution >= 0.6 is 0 Å². The third-order valence-corrected chi connectivity index (χ3v) is 4.80. The van der Waals surface area contributed by atoms with Gasteiger partial charge in [-0.1, -0.05) is 42.5 Å². The third-order valence-electron chi connectivity index (χ3n) is 4.80. The maximum Gasteiger partial charge on any atom is 0.253 e. The molecule has 0 aliphatic rings. The number of methoxy groups -OCH3 is 1. The van der Waals surface area contributed by atoms with Crippen molar-refractivity contribution in [3.05, 3.63) is 84.4 Å². The number of ether oxygens (including phenoxy) is 1. The first-order valence-electron chi connectivity index (χ1n) is 9.40. The van der Waals surface area contributed by atoms with Crippen LogP contribution in [0.5, 0.6) is 5.75 Å². The number of amides is 2. The highest BCUT2D eigenvalue weighted by Gasteiger charge is 2.18. The van der Waals surface area contributed by atoms with Gasteiger partial charge in [-0.3, -0.25) is 9.59 Å². The van der Waals surface area contributed by atoms with Gasteiger partial charge in [0.1, 0.15) is 5.75 Å². The lowest BCUT2D eigenvalue weighted by Crippen LogP contribution is -2.26. The van der Waals surface area contributed by atoms with Crippen LogP contribution in [0.2, 0.25) is 0 Å². The van der Waals surface area contributed by atoms with Crippen molar-refractivity contribution in [3.8, 4) is 5.75 Å². The van der Waals surface area contributed by atoms with Gasteiger partial charge in [0.2, 0.25) is 5.91 Å². The van der Waals surface area contributed by atoms with Gasteiger partial charge in [-0.15, -0.1) is 6.58 Å². The van der Waals surface area contributed by atoms with Gasteiger partial charge in [-0.2, -0.15) is 0 Å². The second-order valence-electron chi connectivity index (χ2n) is 6.73. The number of hydrogen-bond acceptors (Lipinski definition) is 3. The van der Waals surface area contributed by atoms with Gasteiger partial charge >= 0.3 is 0 Å². The predicted molar refractivity (Wildman–Crippen MR) is 117 cm³/mol. The lowest BCUT2D eigenvalue weighted by atomic mass is 9.96. The van der Waals surface area contributed by atoms with Crippen LogP contribution in [0.15, 0.2) is 73.3 Å². The minimum Gasteiger partial charge on any atom is -0.497 e. The zero-order valence-corrected chi connectivity index (χ0v) is 16.6. The summed E-state index contributed by atoms with van der Waals surface area (Å²) in [6.07, 6.45) is 1.61. The number of para-hydroxylation sites is 1. The Hall–Kier alpha value is -3.60. The smallest absolute Gasteiger partial charge is 0.253 e. The van der Waals surface area contributed by atoms with E-state index in [0.717, 1.165) is 22.1 Å². The van der Waals surface area contributed by atoms with E-state index < -0.39 is 0 Å². The van der Waals surface area contributed by atoms with Crippen molar-refractivity contribution in [3.63, 3.8) is 0 Å². The number of nitrogens with one attached hydrogen (secondary N) is 2. The first kappa shape index (κ1) is 20.1. The summed E-state index contributed by atoms with van der Waals surface area (Å²) in [7, 11) is 1.64. The van der Waals surface area contributed by atoms with E-state index in [1.54, 1.807) is 37.5 Å². The highest BCUT2D eigenvalue weighted by atomic mass is 16.5. The first-order chi connectivity index (χ1) is 14.0. The number of fused-ring (bicyclic) bond motifs is 1. The molecule has 0 aliphatic heterocycles. The molecule has 0 saturated carbocycles. The van der Waals surface area contributed by atoms with Crippen molar-refractivity contribution in [1.82, 2.24) is 5.32 Å². The van der Waals surface area contributed by atoms with Crippen LogP contribution in [0.25, 0.3) is 10.8 Å². The molecule has 5 heteroatoms. The molecule has 148 valence electrons. The van der Waals surface area contributed by atoms with Gasteiger partial charge in [0.15, 0.2) is 0 Å². The average Bonchev–Trinajstić information content (AvgIpc) is 2.76. The van der Waals surface area contributed by atoms with E-state index in [4.69, 9.17) is 4.74 Å². The zero-order valence-electron chi connectivity index (χ0n) is 16.6. The molecule has 3 aromatic rings. The molecule has 0 saturated heterocycles. The molecule has 2 amide bonds. The summed E-state index contributed by atoms with van der Waals surface area (Å²) in [5.74, 6) is -0.0249. The number of hydrogen-bond donors (Lipinski definition) is 2. The van der Waals surface area contributed by atoms with E-state index in [1.807, 2.05) is 43.3 Å². The molecule has 2 N–H and O–H groups in total. The average molecular weight is 388 g/mol. The highest BCUT2D eigenvalue weighted by Crippen LogP contribution is 2.26. The molecule has 0 heterocycles. The van der Waals surface area contributed by atoms with Gasteiger partial charge < -0.3 is 15.4 Å². The second kappa shape index (κ2) is 9.06. The van der Waals surface area contributed by atoms with Crippen molar-refractivity contribution in [1.29, 1.82) is 0 Å². The lowest BCUT2D eigenvalue weighted by molar-refractivity contribution is -0.117. The topological polar surface area (TPSA) is 67.4 Å². The second-order valence-corrected chi connectivity index (χ2v) is 6.73. The molecule has 5 nitrogen and oxygen atoms in total. The van der Waals surface area contributed by atoms with Crippen LogP contribution in [-0.4, -0.2) is 25.5 Å². The van der Waals surface area contributed by atoms with Gasteiger partial charge in [0.05, 0.1) is 24.3 Å². The molecule has 0 radical (unpaired) electrons. The van der Waals surface area contributed by atoms with Crippen LogP contribution in [-0.2, 0) is 4.79 Å². The Morgan fingerprint density at radius 3 is 2.55 bits per heavy atom. The SMILES string of the molecule is C=CCNC(=O)c1ccccc1NC(=O)[C@@H](C)c1ccc2cc(OC)ccc2c1. The van der Waals surface area contributed by atoms with Crippen molar-refractivity contribution in [2.24, 2.45) is 0 Å². The fourth-order valence-corrected chi connectivity index (χ4v) is 3.08. The number of carbonyl (C=O) groups is 2. The third kappa shape index (κ3) is 4.63. The van der Waals surface area contributed by atoms with E-state index in [2.05, 4.69) is 17.2 Å². The molecule has 3 rings (SSSR count). The number of benzene rings is 3. The monoisotopic (exact) mass is 388 g/mol. The number of rotatable bonds is 7. The van der Waals surface area contributed by atoms with Crippen LogP contribution in [0, 0.1) is 0 Å². The molecule has 0 fully saturated rings. The number of carbonyl (C=O) groups excluding carboxylic acids is 2. The summed E-state index contributed by atoms with van der Waals surface area (Å²) in [5, 5.41) is 7.70. The van der Waals surface area contributed by atoms with Crippen LogP contribution < -0.4 is 15.4 Å². The van der Waals surface area contributed by atoms with E-state index in [1.165, 1.54) is 0 Å². The van der Waals surface area contributed by atoms with Crippen molar-refractivity contribution in [2.75, 3.05) is 19.0 Å². The quantitative estimate of drug-likeness (QED) is 0.586. The fraction of sp³-hybridized carbons (Fsp3) is 0.167. The van der Waals surface area contributed by atoms with Gasteiger partial charge in [-0.25, -0.2) is 0 Å². The van der Waals surface area contributed by atoms with Crippen LogP contribution in [0.3, 0.4) is 0 Å². The van der Waals surface area contributed by atoms with Gasteiger partial charge in [0, 0.05) is 6.54 Å². The molecule has 3 aromatic carbocycles. The molecule has 0 bridgehead atoms. The summed E-state index contributed by atoms with van der Waals surface area (Å²) in [4.78, 5) is 25.2. The lowest BCUT2D eigenvalue weighted by Gasteiger charge is -2.16. The fourth-order valence-electron chi connectivity index (χ4n) is 3.08. The van der Waals surface area contributed by atoms with E-state index in [9.17, 15) is 9.59 Å². The Kier molecular flexibility index (Phi) is 6.29. The summed E-state index contributed by atoms with van der Waals surface area (Å²) >= 11 is 0. The Morgan fingerprint density at radius 2 is 1.79 bits per heavy atom. The first-order valence-corrected chi connectivity index (χ1v) is 9.40. The molecule has 29 heavy (non-hydrogen) atoms. The Balaban J connectivity index is 1.80. The summed E-state index contributed by atoms with van der Waals surface area (Å²) < 4.78 is 5.26. The molecule has 0 unspecified atom stereocenters. The molecule has 1 atom stereocenters. The maximum absolute atomic E-state index is 12.9. The van der Waals surface area contributed by atoms with Gasteiger partial charge in [0.25, 0.3) is 5.91 Å². The van der Waals surface area contributed by atoms with Crippen molar-refractivity contribution < 1.29 is 14.3 Å². The standard InChI is InChI=1S/C24H24N2O3/c1-4-13-25-24(28)21-7-5-6-8-22(21)26-23(27)16(2)17-9-10-19-15-20(29-3)12-11-18(19)14-17/h4-12,14-16H,1,13H2,2-3H3,(H,25,28)(H,26,27)/t16-/m0/s1. The normalized spacial score (nSPS) is 11.5. The number of anilines is 1. The zero-order chi connectivity index (χ0) is 20.8. The van der Waals surface area contributed by atoms with Crippen LogP contribution in [0.4, 0.5) is 5.69 Å². The maximum atomic E-state index is 12.9. The van der Waals surface area contributed by atoms with E-state index >= 15 is 0 Å². The molecular weight excluding hydrogens is 364 g/mol. The molecule has 0 aliphatic carbocycles. The van der Waals surface area contributed by atoms with E-state index in [0.29, 0.717) is 17.8 Å². The van der Waals surface area contributed by atoms with Crippen molar-refractivity contribution >= 4 is 28.3 Å². The Morgan fingerprint density at radius 1 is 1.07 bits per heavy atom. The predicted octanol–water partition coefficient (Wildman–Crippen LogP) is 4.51. The minimum atomic E-state index is -0.384. The summed E-state index contributed by atoms with van der Waals surface area (Å²) in [6.45, 7) is 5.80. The summed E-state index contributed by atoms with van der Waals surface area (Å²) in [5.41, 5.74) is 1.80. The van der Waals surface area contributed by atoms with Crippen molar-refractivity contribution in [2.45, 2.75) is 12.8 Å². The largest absolute Gasteiger partial charge is 0.497 e. The van der Waals surface area contributed by atoms with Crippen LogP contribution in [0.1, 0.15) is 28.8 Å². The molecule has 0 spiro atoms. The summed E-state index contributed by atoms with van der Waals surface area (Å²) in [6, 6.07) is 18.7.